The Morgan fingerprint density at radius 3 is 2.47 bits per heavy atom. The fraction of sp³-hybridized carbons (Fsp3) is 0.462. The van der Waals surface area contributed by atoms with Crippen LogP contribution in [0.2, 0.25) is 0 Å². The molecule has 5 nitrogen and oxygen atoms in total. The number of nitrogens with zero attached hydrogens (tertiary/aromatic N) is 2. The lowest BCUT2D eigenvalue weighted by Crippen LogP contribution is -2.24. The zero-order valence-electron chi connectivity index (χ0n) is 11.4. The van der Waals surface area contributed by atoms with E-state index in [9.17, 15) is 13.2 Å². The van der Waals surface area contributed by atoms with E-state index in [0.29, 0.717) is 19.5 Å². The molecule has 0 saturated heterocycles. The van der Waals surface area contributed by atoms with Gasteiger partial charge in [0.25, 0.3) is 0 Å². The summed E-state index contributed by atoms with van der Waals surface area (Å²) in [4.78, 5) is 13.7. The quantitative estimate of drug-likeness (QED) is 0.836. The van der Waals surface area contributed by atoms with Crippen molar-refractivity contribution < 1.29 is 13.2 Å². The summed E-state index contributed by atoms with van der Waals surface area (Å²) in [7, 11) is -0.393. The van der Waals surface area contributed by atoms with Crippen LogP contribution in [0.25, 0.3) is 0 Å². The van der Waals surface area contributed by atoms with E-state index in [1.165, 1.54) is 18.4 Å². The van der Waals surface area contributed by atoms with Crippen LogP contribution < -0.4 is 0 Å². The number of carbonyl (C=O) groups is 1. The number of amides is 1. The van der Waals surface area contributed by atoms with Crippen molar-refractivity contribution in [2.24, 2.45) is 0 Å². The number of sulfonamides is 1. The monoisotopic (exact) mass is 282 g/mol. The summed E-state index contributed by atoms with van der Waals surface area (Å²) in [5, 5.41) is 0. The predicted molar refractivity (Wildman–Crippen MR) is 71.9 cm³/mol. The van der Waals surface area contributed by atoms with Gasteiger partial charge in [0.15, 0.2) is 0 Å². The third-order valence-corrected chi connectivity index (χ3v) is 5.14. The fourth-order valence-electron chi connectivity index (χ4n) is 2.14. The molecular weight excluding hydrogens is 264 g/mol. The van der Waals surface area contributed by atoms with Gasteiger partial charge in [-0.2, -0.15) is 0 Å². The summed E-state index contributed by atoms with van der Waals surface area (Å²) < 4.78 is 25.3. The van der Waals surface area contributed by atoms with Crippen LogP contribution in [0.5, 0.6) is 0 Å². The zero-order valence-corrected chi connectivity index (χ0v) is 12.2. The fourth-order valence-corrected chi connectivity index (χ4v) is 3.09. The lowest BCUT2D eigenvalue weighted by molar-refractivity contribution is -0.131. The molecule has 0 saturated carbocycles. The minimum atomic E-state index is -3.41. The van der Waals surface area contributed by atoms with Gasteiger partial charge in [0.2, 0.25) is 15.9 Å². The molecule has 104 valence electrons. The van der Waals surface area contributed by atoms with Gasteiger partial charge in [-0.3, -0.25) is 4.79 Å². The summed E-state index contributed by atoms with van der Waals surface area (Å²) in [5.74, 6) is 0.0909. The van der Waals surface area contributed by atoms with E-state index in [1.54, 1.807) is 23.1 Å². The molecule has 0 N–H and O–H groups in total. The number of fused-ring (bicyclic) bond motifs is 1. The third kappa shape index (κ3) is 2.50. The van der Waals surface area contributed by atoms with Crippen LogP contribution in [0, 0.1) is 0 Å². The van der Waals surface area contributed by atoms with Crippen LogP contribution in [0.3, 0.4) is 0 Å². The van der Waals surface area contributed by atoms with Crippen molar-refractivity contribution in [1.29, 1.82) is 0 Å². The van der Waals surface area contributed by atoms with Crippen LogP contribution in [0.15, 0.2) is 23.1 Å². The van der Waals surface area contributed by atoms with Gasteiger partial charge in [-0.1, -0.05) is 13.0 Å². The molecule has 0 aromatic heterocycles. The summed E-state index contributed by atoms with van der Waals surface area (Å²) in [6.45, 7) is 2.90. The topological polar surface area (TPSA) is 57.7 Å². The third-order valence-electron chi connectivity index (χ3n) is 3.33. The van der Waals surface area contributed by atoms with Crippen molar-refractivity contribution in [3.05, 3.63) is 29.3 Å². The molecule has 1 heterocycles. The first-order valence-corrected chi connectivity index (χ1v) is 7.62. The lowest BCUT2D eigenvalue weighted by Gasteiger charge is -2.13. The Hall–Kier alpha value is -1.40. The smallest absolute Gasteiger partial charge is 0.242 e. The number of hydrogen-bond donors (Lipinski definition) is 0. The molecule has 19 heavy (non-hydrogen) atoms. The normalized spacial score (nSPS) is 14.8. The van der Waals surface area contributed by atoms with Gasteiger partial charge < -0.3 is 4.90 Å². The van der Waals surface area contributed by atoms with Gasteiger partial charge in [0, 0.05) is 33.6 Å². The highest BCUT2D eigenvalue weighted by Crippen LogP contribution is 2.26. The van der Waals surface area contributed by atoms with Gasteiger partial charge in [0.05, 0.1) is 4.90 Å². The second kappa shape index (κ2) is 4.94. The average Bonchev–Trinajstić information content (AvgIpc) is 2.80. The maximum Gasteiger partial charge on any atom is 0.242 e. The molecule has 1 aromatic carbocycles. The van der Waals surface area contributed by atoms with Crippen LogP contribution in [0.1, 0.15) is 24.5 Å². The van der Waals surface area contributed by atoms with Gasteiger partial charge >= 0.3 is 0 Å². The Balaban J connectivity index is 2.32. The number of rotatable bonds is 3. The van der Waals surface area contributed by atoms with E-state index in [-0.39, 0.29) is 10.8 Å². The van der Waals surface area contributed by atoms with Crippen molar-refractivity contribution in [3.8, 4) is 0 Å². The van der Waals surface area contributed by atoms with Crippen LogP contribution in [-0.4, -0.2) is 37.6 Å². The molecule has 0 radical (unpaired) electrons. The van der Waals surface area contributed by atoms with E-state index in [4.69, 9.17) is 0 Å². The first kappa shape index (κ1) is 14.0. The highest BCUT2D eigenvalue weighted by molar-refractivity contribution is 7.89. The van der Waals surface area contributed by atoms with Crippen LogP contribution >= 0.6 is 0 Å². The van der Waals surface area contributed by atoms with E-state index in [2.05, 4.69) is 0 Å². The van der Waals surface area contributed by atoms with Gasteiger partial charge in [-0.05, 0) is 23.3 Å². The molecule has 6 heteroatoms. The number of benzene rings is 1. The molecule has 1 aromatic rings. The lowest BCUT2D eigenvalue weighted by atomic mass is 10.1. The minimum Gasteiger partial charge on any atom is -0.334 e. The molecule has 0 spiro atoms. The zero-order chi connectivity index (χ0) is 14.2. The maximum absolute atomic E-state index is 12.0. The van der Waals surface area contributed by atoms with Crippen LogP contribution in [-0.2, 0) is 27.9 Å². The Bertz CT molecular complexity index is 608. The highest BCUT2D eigenvalue weighted by Gasteiger charge is 2.25. The molecule has 2 rings (SSSR count). The maximum atomic E-state index is 12.0. The molecule has 0 bridgehead atoms. The molecule has 1 aliphatic heterocycles. The molecular formula is C13H18N2O3S. The Morgan fingerprint density at radius 1 is 1.26 bits per heavy atom. The molecule has 0 unspecified atom stereocenters. The predicted octanol–water partition coefficient (Wildman–Crippen LogP) is 1.19. The first-order chi connectivity index (χ1) is 8.86. The standard InChI is InChI=1S/C13H18N2O3S/c1-4-13(16)15-8-10-5-6-12(7-11(10)9-15)19(17,18)14(2)3/h5-7H,4,8-9H2,1-3H3. The van der Waals surface area contributed by atoms with Crippen LogP contribution in [0.4, 0.5) is 0 Å². The van der Waals surface area contributed by atoms with E-state index < -0.39 is 10.0 Å². The minimum absolute atomic E-state index is 0.0909. The van der Waals surface area contributed by atoms with Crippen molar-refractivity contribution >= 4 is 15.9 Å². The van der Waals surface area contributed by atoms with Gasteiger partial charge in [0.1, 0.15) is 0 Å². The number of hydrogen-bond acceptors (Lipinski definition) is 3. The van der Waals surface area contributed by atoms with Gasteiger partial charge in [-0.25, -0.2) is 12.7 Å². The SMILES string of the molecule is CCC(=O)N1Cc2ccc(S(=O)(=O)N(C)C)cc2C1. The van der Waals surface area contributed by atoms with Crippen molar-refractivity contribution in [2.75, 3.05) is 14.1 Å². The van der Waals surface area contributed by atoms with E-state index in [1.807, 2.05) is 6.92 Å². The Kier molecular flexibility index (Phi) is 3.64. The molecule has 0 atom stereocenters. The highest BCUT2D eigenvalue weighted by atomic mass is 32.2. The molecule has 0 fully saturated rings. The Morgan fingerprint density at radius 2 is 1.89 bits per heavy atom. The van der Waals surface area contributed by atoms with Crippen molar-refractivity contribution in [3.63, 3.8) is 0 Å². The molecule has 0 aliphatic carbocycles. The Labute approximate surface area is 113 Å². The molecule has 1 aliphatic rings. The van der Waals surface area contributed by atoms with E-state index in [0.717, 1.165) is 11.1 Å². The summed E-state index contributed by atoms with van der Waals surface area (Å²) in [6.07, 6.45) is 0.469. The van der Waals surface area contributed by atoms with E-state index >= 15 is 0 Å². The summed E-state index contributed by atoms with van der Waals surface area (Å²) in [5.41, 5.74) is 1.95. The van der Waals surface area contributed by atoms with Gasteiger partial charge in [-0.15, -0.1) is 0 Å². The first-order valence-electron chi connectivity index (χ1n) is 6.18. The number of carbonyl (C=O) groups excluding carboxylic acids is 1. The largest absolute Gasteiger partial charge is 0.334 e. The summed E-state index contributed by atoms with van der Waals surface area (Å²) in [6, 6.07) is 5.08. The second-order valence-corrected chi connectivity index (χ2v) is 6.97. The second-order valence-electron chi connectivity index (χ2n) is 4.82. The average molecular weight is 282 g/mol. The van der Waals surface area contributed by atoms with Crippen molar-refractivity contribution in [2.45, 2.75) is 31.3 Å². The van der Waals surface area contributed by atoms with Crippen molar-refractivity contribution in [1.82, 2.24) is 9.21 Å². The summed E-state index contributed by atoms with van der Waals surface area (Å²) >= 11 is 0. The molecule has 1 amide bonds.